The monoisotopic (exact) mass is 209 g/mol. The highest BCUT2D eigenvalue weighted by atomic mass is 32.1. The SMILES string of the molecule is CC(N)Cc1cscc1C(F)(F)F. The summed E-state index contributed by atoms with van der Waals surface area (Å²) in [5, 5.41) is 2.63. The quantitative estimate of drug-likeness (QED) is 0.796. The van der Waals surface area contributed by atoms with E-state index in [1.165, 1.54) is 5.38 Å². The van der Waals surface area contributed by atoms with Crippen LogP contribution in [-0.4, -0.2) is 6.04 Å². The van der Waals surface area contributed by atoms with Gasteiger partial charge in [-0.05, 0) is 24.3 Å². The number of rotatable bonds is 2. The van der Waals surface area contributed by atoms with Gasteiger partial charge >= 0.3 is 6.18 Å². The van der Waals surface area contributed by atoms with E-state index in [1.807, 2.05) is 0 Å². The number of halogens is 3. The van der Waals surface area contributed by atoms with Crippen molar-refractivity contribution < 1.29 is 13.2 Å². The molecule has 1 nitrogen and oxygen atoms in total. The highest BCUT2D eigenvalue weighted by Crippen LogP contribution is 2.34. The average Bonchev–Trinajstić information content (AvgIpc) is 2.31. The van der Waals surface area contributed by atoms with E-state index in [9.17, 15) is 13.2 Å². The second-order valence-electron chi connectivity index (χ2n) is 2.99. The number of alkyl halides is 3. The molecule has 0 aromatic carbocycles. The molecule has 0 bridgehead atoms. The van der Waals surface area contributed by atoms with Crippen LogP contribution in [0.5, 0.6) is 0 Å². The summed E-state index contributed by atoms with van der Waals surface area (Å²) in [6.45, 7) is 1.69. The Morgan fingerprint density at radius 3 is 2.54 bits per heavy atom. The molecule has 1 aromatic heterocycles. The smallest absolute Gasteiger partial charge is 0.328 e. The van der Waals surface area contributed by atoms with Gasteiger partial charge in [0.1, 0.15) is 0 Å². The van der Waals surface area contributed by atoms with Crippen molar-refractivity contribution >= 4 is 11.3 Å². The third-order valence-electron chi connectivity index (χ3n) is 1.59. The zero-order valence-corrected chi connectivity index (χ0v) is 7.88. The van der Waals surface area contributed by atoms with Crippen LogP contribution in [0.25, 0.3) is 0 Å². The molecule has 13 heavy (non-hydrogen) atoms. The summed E-state index contributed by atoms with van der Waals surface area (Å²) in [6.07, 6.45) is -3.97. The first-order chi connectivity index (χ1) is 5.91. The molecule has 74 valence electrons. The number of nitrogens with two attached hydrogens (primary N) is 1. The lowest BCUT2D eigenvalue weighted by molar-refractivity contribution is -0.137. The minimum atomic E-state index is -4.25. The van der Waals surface area contributed by atoms with Crippen molar-refractivity contribution in [2.45, 2.75) is 25.6 Å². The minimum absolute atomic E-state index is 0.240. The van der Waals surface area contributed by atoms with Crippen molar-refractivity contribution in [1.82, 2.24) is 0 Å². The van der Waals surface area contributed by atoms with Crippen molar-refractivity contribution in [3.05, 3.63) is 21.9 Å². The van der Waals surface area contributed by atoms with Crippen molar-refractivity contribution in [3.63, 3.8) is 0 Å². The fourth-order valence-corrected chi connectivity index (χ4v) is 1.95. The van der Waals surface area contributed by atoms with E-state index in [-0.39, 0.29) is 12.5 Å². The van der Waals surface area contributed by atoms with Gasteiger partial charge in [0.2, 0.25) is 0 Å². The molecule has 0 aliphatic heterocycles. The van der Waals surface area contributed by atoms with Crippen molar-refractivity contribution in [3.8, 4) is 0 Å². The van der Waals surface area contributed by atoms with E-state index in [2.05, 4.69) is 0 Å². The van der Waals surface area contributed by atoms with Gasteiger partial charge < -0.3 is 5.73 Å². The summed E-state index contributed by atoms with van der Waals surface area (Å²) < 4.78 is 36.9. The Kier molecular flexibility index (Phi) is 2.98. The average molecular weight is 209 g/mol. The van der Waals surface area contributed by atoms with Gasteiger partial charge in [-0.3, -0.25) is 0 Å². The van der Waals surface area contributed by atoms with E-state index < -0.39 is 11.7 Å². The first kappa shape index (κ1) is 10.5. The Balaban J connectivity index is 2.90. The molecule has 1 unspecified atom stereocenters. The van der Waals surface area contributed by atoms with Gasteiger partial charge in [-0.1, -0.05) is 0 Å². The predicted octanol–water partition coefficient (Wildman–Crippen LogP) is 2.66. The standard InChI is InChI=1S/C8H10F3NS/c1-5(12)2-6-3-13-4-7(6)8(9,10)11/h3-5H,2,12H2,1H3. The zero-order valence-electron chi connectivity index (χ0n) is 7.06. The Bertz CT molecular complexity index is 277. The van der Waals surface area contributed by atoms with Crippen LogP contribution in [0, 0.1) is 0 Å². The van der Waals surface area contributed by atoms with Crippen LogP contribution in [0.15, 0.2) is 10.8 Å². The lowest BCUT2D eigenvalue weighted by Gasteiger charge is -2.09. The summed E-state index contributed by atoms with van der Waals surface area (Å²) >= 11 is 1.06. The Morgan fingerprint density at radius 1 is 1.46 bits per heavy atom. The first-order valence-electron chi connectivity index (χ1n) is 3.79. The Hall–Kier alpha value is -0.550. The molecule has 0 fully saturated rings. The van der Waals surface area contributed by atoms with E-state index in [0.717, 1.165) is 16.7 Å². The van der Waals surface area contributed by atoms with Gasteiger partial charge in [0.05, 0.1) is 5.56 Å². The molecular formula is C8H10F3NS. The van der Waals surface area contributed by atoms with Crippen LogP contribution < -0.4 is 5.73 Å². The molecule has 0 radical (unpaired) electrons. The highest BCUT2D eigenvalue weighted by Gasteiger charge is 2.33. The van der Waals surface area contributed by atoms with Gasteiger partial charge in [0.15, 0.2) is 0 Å². The van der Waals surface area contributed by atoms with Crippen molar-refractivity contribution in [1.29, 1.82) is 0 Å². The maximum absolute atomic E-state index is 12.3. The predicted molar refractivity (Wildman–Crippen MR) is 46.7 cm³/mol. The topological polar surface area (TPSA) is 26.0 Å². The van der Waals surface area contributed by atoms with E-state index in [1.54, 1.807) is 6.92 Å². The Morgan fingerprint density at radius 2 is 2.08 bits per heavy atom. The third-order valence-corrected chi connectivity index (χ3v) is 2.38. The van der Waals surface area contributed by atoms with Gasteiger partial charge in [-0.15, -0.1) is 0 Å². The molecule has 2 N–H and O–H groups in total. The largest absolute Gasteiger partial charge is 0.417 e. The molecule has 0 aliphatic rings. The van der Waals surface area contributed by atoms with Gasteiger partial charge in [0.25, 0.3) is 0 Å². The number of hydrogen-bond donors (Lipinski definition) is 1. The van der Waals surface area contributed by atoms with Crippen LogP contribution >= 0.6 is 11.3 Å². The van der Waals surface area contributed by atoms with Crippen molar-refractivity contribution in [2.24, 2.45) is 5.73 Å². The van der Waals surface area contributed by atoms with Crippen LogP contribution in [0.1, 0.15) is 18.1 Å². The van der Waals surface area contributed by atoms with Crippen LogP contribution in [0.3, 0.4) is 0 Å². The summed E-state index contributed by atoms with van der Waals surface area (Å²) in [6, 6.07) is -0.240. The maximum Gasteiger partial charge on any atom is 0.417 e. The summed E-state index contributed by atoms with van der Waals surface area (Å²) in [5.74, 6) is 0. The lowest BCUT2D eigenvalue weighted by atomic mass is 10.1. The molecule has 5 heteroatoms. The molecule has 1 atom stereocenters. The van der Waals surface area contributed by atoms with Crippen LogP contribution in [-0.2, 0) is 12.6 Å². The van der Waals surface area contributed by atoms with Gasteiger partial charge in [-0.25, -0.2) is 0 Å². The molecule has 1 heterocycles. The molecule has 0 saturated heterocycles. The number of thiophene rings is 1. The molecule has 0 aliphatic carbocycles. The fraction of sp³-hybridized carbons (Fsp3) is 0.500. The molecule has 1 aromatic rings. The fourth-order valence-electron chi connectivity index (χ4n) is 1.08. The van der Waals surface area contributed by atoms with Crippen LogP contribution in [0.2, 0.25) is 0 Å². The summed E-state index contributed by atoms with van der Waals surface area (Å²) in [4.78, 5) is 0. The van der Waals surface area contributed by atoms with Crippen molar-refractivity contribution in [2.75, 3.05) is 0 Å². The first-order valence-corrected chi connectivity index (χ1v) is 4.73. The zero-order chi connectivity index (χ0) is 10.1. The van der Waals surface area contributed by atoms with Gasteiger partial charge in [0, 0.05) is 11.4 Å². The number of hydrogen-bond acceptors (Lipinski definition) is 2. The molecule has 0 spiro atoms. The second-order valence-corrected chi connectivity index (χ2v) is 3.73. The maximum atomic E-state index is 12.3. The third kappa shape index (κ3) is 2.70. The molecule has 0 amide bonds. The van der Waals surface area contributed by atoms with Crippen LogP contribution in [0.4, 0.5) is 13.2 Å². The molecule has 0 saturated carbocycles. The molecule has 1 rings (SSSR count). The Labute approximate surface area is 78.4 Å². The normalized spacial score (nSPS) is 14.5. The summed E-state index contributed by atoms with van der Waals surface area (Å²) in [5.41, 5.74) is 5.19. The van der Waals surface area contributed by atoms with E-state index in [0.29, 0.717) is 5.56 Å². The minimum Gasteiger partial charge on any atom is -0.328 e. The lowest BCUT2D eigenvalue weighted by Crippen LogP contribution is -2.19. The molecular weight excluding hydrogens is 199 g/mol. The van der Waals surface area contributed by atoms with E-state index >= 15 is 0 Å². The summed E-state index contributed by atoms with van der Waals surface area (Å²) in [7, 11) is 0. The van der Waals surface area contributed by atoms with Gasteiger partial charge in [-0.2, -0.15) is 24.5 Å². The van der Waals surface area contributed by atoms with E-state index in [4.69, 9.17) is 5.73 Å². The second kappa shape index (κ2) is 3.67. The highest BCUT2D eigenvalue weighted by molar-refractivity contribution is 7.08.